The van der Waals surface area contributed by atoms with E-state index in [0.29, 0.717) is 5.92 Å². The number of aromatic nitrogens is 2. The van der Waals surface area contributed by atoms with Gasteiger partial charge in [0.2, 0.25) is 13.4 Å². The lowest BCUT2D eigenvalue weighted by molar-refractivity contribution is 0.852. The van der Waals surface area contributed by atoms with Crippen molar-refractivity contribution in [1.29, 1.82) is 0 Å². The molecule has 3 aliphatic rings. The van der Waals surface area contributed by atoms with E-state index in [1.807, 2.05) is 0 Å². The summed E-state index contributed by atoms with van der Waals surface area (Å²) in [7, 11) is 0. The molecule has 1 aliphatic carbocycles. The van der Waals surface area contributed by atoms with E-state index in [1.165, 1.54) is 81.8 Å². The Hall–Kier alpha value is -6.77. The first-order valence-electron chi connectivity index (χ1n) is 20.0. The van der Waals surface area contributed by atoms with Crippen LogP contribution in [0, 0.1) is 0 Å². The summed E-state index contributed by atoms with van der Waals surface area (Å²) in [4.78, 5) is 0. The van der Waals surface area contributed by atoms with E-state index in [9.17, 15) is 0 Å². The van der Waals surface area contributed by atoms with E-state index in [2.05, 4.69) is 197 Å². The summed E-state index contributed by atoms with van der Waals surface area (Å²) in [6, 6.07) is 63.8. The Morgan fingerprint density at radius 2 is 1.12 bits per heavy atom. The summed E-state index contributed by atoms with van der Waals surface area (Å²) in [5.74, 6) is 0.444. The maximum atomic E-state index is 2.58. The first-order valence-corrected chi connectivity index (χ1v) is 20.0. The summed E-state index contributed by atoms with van der Waals surface area (Å²) < 4.78 is 4.96. The number of nitrogens with zero attached hydrogens (tertiary/aromatic N) is 2. The van der Waals surface area contributed by atoms with Crippen LogP contribution in [0.5, 0.6) is 0 Å². The van der Waals surface area contributed by atoms with Crippen LogP contribution < -0.4 is 27.3 Å². The summed E-state index contributed by atoms with van der Waals surface area (Å²) in [6.07, 6.45) is 8.16. The fourth-order valence-corrected chi connectivity index (χ4v) is 11.1. The Labute approximate surface area is 325 Å². The number of para-hydroxylation sites is 4. The largest absolute Gasteiger partial charge is 0.306 e. The molecule has 4 heteroatoms. The highest BCUT2D eigenvalue weighted by Crippen LogP contribution is 2.43. The zero-order chi connectivity index (χ0) is 36.5. The highest BCUT2D eigenvalue weighted by atomic mass is 15.1. The molecule has 1 aromatic heterocycles. The maximum Gasteiger partial charge on any atom is 0.240 e. The molecule has 0 fully saturated rings. The molecule has 0 bridgehead atoms. The third-order valence-electron chi connectivity index (χ3n) is 13.2. The van der Waals surface area contributed by atoms with Gasteiger partial charge in [-0.25, -0.2) is 0 Å². The van der Waals surface area contributed by atoms with Crippen molar-refractivity contribution in [2.24, 2.45) is 0 Å². The minimum atomic E-state index is 0.144. The first-order chi connectivity index (χ1) is 27.8. The molecule has 0 saturated carbocycles. The van der Waals surface area contributed by atoms with Crippen LogP contribution in [0.2, 0.25) is 0 Å². The van der Waals surface area contributed by atoms with Gasteiger partial charge in [-0.15, -0.1) is 0 Å². The van der Waals surface area contributed by atoms with Crippen molar-refractivity contribution in [2.75, 3.05) is 0 Å². The molecule has 10 aromatic rings. The van der Waals surface area contributed by atoms with Crippen molar-refractivity contribution >= 4 is 95.1 Å². The average molecular weight is 708 g/mol. The molecular formula is C52H34B2N2. The predicted molar refractivity (Wildman–Crippen MR) is 240 cm³/mol. The molecule has 0 spiro atoms. The van der Waals surface area contributed by atoms with E-state index in [0.717, 1.165) is 17.8 Å². The Bertz CT molecular complexity index is 3340. The molecule has 0 radical (unpaired) electrons. The van der Waals surface area contributed by atoms with Gasteiger partial charge in [-0.3, -0.25) is 0 Å². The summed E-state index contributed by atoms with van der Waals surface area (Å²) in [5.41, 5.74) is 17.5. The fraction of sp³-hybridized carbons (Fsp3) is 0.0385. The second-order valence-corrected chi connectivity index (χ2v) is 15.9. The molecular weight excluding hydrogens is 674 g/mol. The molecule has 3 heterocycles. The van der Waals surface area contributed by atoms with Crippen molar-refractivity contribution in [2.45, 2.75) is 12.3 Å². The van der Waals surface area contributed by atoms with Crippen molar-refractivity contribution in [1.82, 2.24) is 9.13 Å². The van der Waals surface area contributed by atoms with Gasteiger partial charge in [0.15, 0.2) is 0 Å². The molecule has 0 N–H and O–H groups in total. The Morgan fingerprint density at radius 3 is 1.89 bits per heavy atom. The first kappa shape index (κ1) is 30.5. The molecule has 13 rings (SSSR count). The van der Waals surface area contributed by atoms with Crippen molar-refractivity contribution < 1.29 is 0 Å². The van der Waals surface area contributed by atoms with Crippen LogP contribution >= 0.6 is 0 Å². The van der Waals surface area contributed by atoms with Crippen LogP contribution in [0.15, 0.2) is 194 Å². The monoisotopic (exact) mass is 708 g/mol. The number of fused-ring (bicyclic) bond motifs is 9. The van der Waals surface area contributed by atoms with E-state index in [1.54, 1.807) is 10.9 Å². The van der Waals surface area contributed by atoms with Gasteiger partial charge < -0.3 is 9.13 Å². The van der Waals surface area contributed by atoms with E-state index >= 15 is 0 Å². The maximum absolute atomic E-state index is 2.58. The number of rotatable bonds is 3. The Morgan fingerprint density at radius 1 is 0.482 bits per heavy atom. The number of hydrogen-bond donors (Lipinski definition) is 0. The molecule has 0 amide bonds. The number of allylic oxidation sites excluding steroid dienone is 4. The van der Waals surface area contributed by atoms with Gasteiger partial charge in [-0.2, -0.15) is 0 Å². The van der Waals surface area contributed by atoms with Gasteiger partial charge in [0.25, 0.3) is 0 Å². The number of hydrogen-bond acceptors (Lipinski definition) is 0. The molecule has 9 aromatic carbocycles. The van der Waals surface area contributed by atoms with Gasteiger partial charge in [0, 0.05) is 22.7 Å². The second-order valence-electron chi connectivity index (χ2n) is 15.9. The van der Waals surface area contributed by atoms with Crippen molar-refractivity contribution in [3.8, 4) is 11.4 Å². The van der Waals surface area contributed by atoms with Crippen LogP contribution in [0.1, 0.15) is 17.9 Å². The van der Waals surface area contributed by atoms with Gasteiger partial charge in [0.05, 0.1) is 22.1 Å². The zero-order valence-corrected chi connectivity index (χ0v) is 30.7. The van der Waals surface area contributed by atoms with Gasteiger partial charge >= 0.3 is 0 Å². The van der Waals surface area contributed by atoms with Gasteiger partial charge in [-0.05, 0) is 81.4 Å². The lowest BCUT2D eigenvalue weighted by Gasteiger charge is -2.32. The van der Waals surface area contributed by atoms with Crippen molar-refractivity contribution in [3.05, 3.63) is 199 Å². The minimum Gasteiger partial charge on any atom is -0.306 e. The van der Waals surface area contributed by atoms with E-state index in [4.69, 9.17) is 0 Å². The summed E-state index contributed by atoms with van der Waals surface area (Å²) in [5, 5.41) is 7.93. The molecule has 56 heavy (non-hydrogen) atoms. The standard InChI is InChI=1S/C52H34B2N2/c1-4-15-35(16-5-1)53-43-24-14-22-39-38-21-10-11-23-42(38)54(50(39)43)44-31-33-28-30-41-49-34(27-29-40(48(33)49)51(44)53)32-47-52(41)56(37-19-8-3-9-20-37)46-26-13-12-25-45(46)55(47)36-17-6-2-7-18-36/h1-20,22-32,38H,21H2. The molecule has 1 unspecified atom stereocenters. The lowest BCUT2D eigenvalue weighted by atomic mass is 9.21. The third kappa shape index (κ3) is 3.98. The topological polar surface area (TPSA) is 9.86 Å². The molecule has 0 saturated heterocycles. The van der Waals surface area contributed by atoms with Crippen LogP contribution in [-0.2, 0) is 0 Å². The Balaban J connectivity index is 1.21. The van der Waals surface area contributed by atoms with Crippen LogP contribution in [-0.4, -0.2) is 22.6 Å². The van der Waals surface area contributed by atoms with Gasteiger partial charge in [0.1, 0.15) is 0 Å². The van der Waals surface area contributed by atoms with E-state index in [-0.39, 0.29) is 13.4 Å². The van der Waals surface area contributed by atoms with Gasteiger partial charge in [-0.1, -0.05) is 178 Å². The fourth-order valence-electron chi connectivity index (χ4n) is 11.1. The second kappa shape index (κ2) is 11.4. The summed E-state index contributed by atoms with van der Waals surface area (Å²) in [6.45, 7) is 0.413. The highest BCUT2D eigenvalue weighted by Gasteiger charge is 2.48. The van der Waals surface area contributed by atoms with Crippen LogP contribution in [0.25, 0.3) is 65.8 Å². The molecule has 2 nitrogen and oxygen atoms in total. The molecule has 2 aliphatic heterocycles. The Kier molecular flexibility index (Phi) is 6.21. The van der Waals surface area contributed by atoms with Crippen LogP contribution in [0.4, 0.5) is 0 Å². The third-order valence-corrected chi connectivity index (χ3v) is 13.2. The smallest absolute Gasteiger partial charge is 0.240 e. The minimum absolute atomic E-state index is 0.144. The highest BCUT2D eigenvalue weighted by molar-refractivity contribution is 7.11. The lowest BCUT2D eigenvalue weighted by Crippen LogP contribution is -2.72. The normalized spacial score (nSPS) is 15.6. The predicted octanol–water partition coefficient (Wildman–Crippen LogP) is 9.00. The van der Waals surface area contributed by atoms with Crippen molar-refractivity contribution in [3.63, 3.8) is 0 Å². The van der Waals surface area contributed by atoms with Crippen LogP contribution in [0.3, 0.4) is 0 Å². The number of benzene rings is 9. The molecule has 258 valence electrons. The SMILES string of the molecule is C1=CCC2C(=C1)B1c3cc4ccc5c6c(ccc(c3B(c3ccccc3)c3cccc2c31)c46)cc1c5n(-c2ccccc2)c2ccccc2n1-c1ccccc1. The summed E-state index contributed by atoms with van der Waals surface area (Å²) >= 11 is 0. The van der Waals surface area contributed by atoms with E-state index < -0.39 is 0 Å². The molecule has 1 atom stereocenters. The zero-order valence-electron chi connectivity index (χ0n) is 30.7. The quantitative estimate of drug-likeness (QED) is 0.0986. The average Bonchev–Trinajstić information content (AvgIpc) is 3.61.